The minimum absolute atomic E-state index is 0.0994. The number of rotatable bonds is 4. The molecule has 1 aliphatic heterocycles. The van der Waals surface area contributed by atoms with Gasteiger partial charge in [-0.1, -0.05) is 60.7 Å². The predicted octanol–water partition coefficient (Wildman–Crippen LogP) is 5.33. The number of nitrogens with zero attached hydrogens (tertiary/aromatic N) is 2. The Morgan fingerprint density at radius 3 is 2.28 bits per heavy atom. The Labute approximate surface area is 201 Å². The fourth-order valence-corrected chi connectivity index (χ4v) is 3.66. The van der Waals surface area contributed by atoms with E-state index in [1.807, 2.05) is 66.7 Å². The molecule has 0 radical (unpaired) electrons. The Morgan fingerprint density at radius 2 is 1.66 bits per heavy atom. The number of hydrogen-bond donors (Lipinski definition) is 1. The number of ether oxygens (including phenoxy) is 1. The van der Waals surface area contributed by atoms with Crippen LogP contribution in [0.2, 0.25) is 0 Å². The van der Waals surface area contributed by atoms with Gasteiger partial charge in [-0.3, -0.25) is 4.79 Å². The number of aromatic nitrogens is 2. The van der Waals surface area contributed by atoms with Crippen LogP contribution in [0.25, 0.3) is 11.3 Å². The van der Waals surface area contributed by atoms with Gasteiger partial charge in [-0.2, -0.15) is 5.10 Å². The van der Waals surface area contributed by atoms with Crippen molar-refractivity contribution in [3.05, 3.63) is 88.2 Å². The summed E-state index contributed by atoms with van der Waals surface area (Å²) >= 11 is 0.757. The van der Waals surface area contributed by atoms with Crippen molar-refractivity contribution in [2.24, 2.45) is 0 Å². The molecule has 3 aromatic rings. The summed E-state index contributed by atoms with van der Waals surface area (Å²) in [5, 5.41) is 6.80. The van der Waals surface area contributed by atoms with E-state index in [9.17, 15) is 9.59 Å². The second kappa shape index (κ2) is 12.7. The van der Waals surface area contributed by atoms with Crippen LogP contribution >= 0.6 is 20.2 Å². The molecule has 32 heavy (non-hydrogen) atoms. The topological polar surface area (TPSA) is 75.3 Å². The Morgan fingerprint density at radius 1 is 1.06 bits per heavy atom. The van der Waals surface area contributed by atoms with E-state index >= 15 is 0 Å². The fraction of sp³-hybridized carbons (Fsp3) is 0.261. The van der Waals surface area contributed by atoms with Gasteiger partial charge in [0, 0.05) is 24.2 Å². The molecule has 0 bridgehead atoms. The van der Waals surface area contributed by atoms with E-state index in [2.05, 4.69) is 30.4 Å². The molecule has 1 fully saturated rings. The number of amides is 1. The van der Waals surface area contributed by atoms with Crippen molar-refractivity contribution in [1.29, 1.82) is 0 Å². The van der Waals surface area contributed by atoms with Gasteiger partial charge < -0.3 is 9.64 Å². The molecule has 6 nitrogen and oxygen atoms in total. The van der Waals surface area contributed by atoms with Crippen LogP contribution in [0.5, 0.6) is 0 Å². The molecule has 9 heteroatoms. The molecular formula is C23H23Cl2CuN3O3. The molecule has 1 saturated heterocycles. The summed E-state index contributed by atoms with van der Waals surface area (Å²) in [4.78, 5) is 26.4. The van der Waals surface area contributed by atoms with Crippen molar-refractivity contribution in [3.8, 4) is 11.3 Å². The number of H-pyrrole nitrogens is 1. The molecule has 0 unspecified atom stereocenters. The third kappa shape index (κ3) is 6.84. The van der Waals surface area contributed by atoms with Crippen molar-refractivity contribution in [3.63, 3.8) is 0 Å². The summed E-state index contributed by atoms with van der Waals surface area (Å²) in [6.07, 6.45) is 1.14. The van der Waals surface area contributed by atoms with Gasteiger partial charge in [-0.05, 0) is 30.4 Å². The minimum atomic E-state index is -0.305. The number of hydrogen-bond acceptors (Lipinski definition) is 4. The molecule has 1 aromatic heterocycles. The molecule has 2 heterocycles. The number of piperidine rings is 1. The fourth-order valence-electron chi connectivity index (χ4n) is 3.66. The standard InChI is InChI=1S/C23H23N3O3.2ClH.Cu/c27-22-20(15-21(24-25-22)19-9-5-2-6-10-19)18-11-13-26(14-12-18)23(28)29-16-17-7-3-1-4-8-17;;;/h1-10,15,18H,11-14,16H2,(H,25,27);2*1H;/q;;;+2/p-2. The quantitative estimate of drug-likeness (QED) is 0.469. The number of halogens is 2. The summed E-state index contributed by atoms with van der Waals surface area (Å²) in [5.41, 5.74) is 3.26. The van der Waals surface area contributed by atoms with Gasteiger partial charge in [0.25, 0.3) is 5.56 Å². The summed E-state index contributed by atoms with van der Waals surface area (Å²) in [7, 11) is 9.34. The Hall–Kier alpha value is -2.31. The van der Waals surface area contributed by atoms with Gasteiger partial charge in [-0.15, -0.1) is 0 Å². The summed E-state index contributed by atoms with van der Waals surface area (Å²) < 4.78 is 5.42. The predicted molar refractivity (Wildman–Crippen MR) is 122 cm³/mol. The van der Waals surface area contributed by atoms with Gasteiger partial charge in [0.1, 0.15) is 6.61 Å². The first kappa shape index (κ1) is 24.3. The Kier molecular flexibility index (Phi) is 9.62. The summed E-state index contributed by atoms with van der Waals surface area (Å²) in [5.74, 6) is 0.0994. The van der Waals surface area contributed by atoms with Crippen LogP contribution in [0.1, 0.15) is 29.9 Å². The van der Waals surface area contributed by atoms with E-state index < -0.39 is 0 Å². The third-order valence-corrected chi connectivity index (χ3v) is 5.30. The molecule has 0 aliphatic carbocycles. The number of aromatic amines is 1. The number of nitrogens with one attached hydrogen (secondary N) is 1. The van der Waals surface area contributed by atoms with Gasteiger partial charge >= 0.3 is 39.4 Å². The zero-order valence-corrected chi connectivity index (χ0v) is 19.6. The molecule has 0 saturated carbocycles. The van der Waals surface area contributed by atoms with Gasteiger partial charge in [-0.25, -0.2) is 9.89 Å². The maximum absolute atomic E-state index is 12.4. The van der Waals surface area contributed by atoms with E-state index in [4.69, 9.17) is 4.74 Å². The van der Waals surface area contributed by atoms with Crippen LogP contribution < -0.4 is 5.56 Å². The van der Waals surface area contributed by atoms with Crippen molar-refractivity contribution in [2.75, 3.05) is 13.1 Å². The normalized spacial score (nSPS) is 13.9. The zero-order valence-electron chi connectivity index (χ0n) is 17.1. The van der Waals surface area contributed by atoms with Crippen LogP contribution in [0.4, 0.5) is 4.79 Å². The number of carbonyl (C=O) groups excluding carboxylic acids is 1. The first-order chi connectivity index (χ1) is 15.6. The Bertz CT molecular complexity index is 1040. The second-order valence-electron chi connectivity index (χ2n) is 7.25. The van der Waals surface area contributed by atoms with E-state index in [-0.39, 0.29) is 24.2 Å². The monoisotopic (exact) mass is 522 g/mol. The van der Waals surface area contributed by atoms with Crippen LogP contribution in [0.15, 0.2) is 71.5 Å². The molecule has 173 valence electrons. The molecule has 0 atom stereocenters. The van der Waals surface area contributed by atoms with E-state index in [0.29, 0.717) is 13.1 Å². The first-order valence-corrected chi connectivity index (χ1v) is 12.6. The number of likely N-dealkylation sites (tertiary alicyclic amines) is 1. The van der Waals surface area contributed by atoms with Gasteiger partial charge in [0.15, 0.2) is 0 Å². The summed E-state index contributed by atoms with van der Waals surface area (Å²) in [6, 6.07) is 21.3. The second-order valence-corrected chi connectivity index (χ2v) is 8.80. The van der Waals surface area contributed by atoms with Crippen molar-refractivity contribution in [1.82, 2.24) is 15.1 Å². The molecule has 1 aliphatic rings. The number of benzene rings is 2. The molecule has 1 amide bonds. The van der Waals surface area contributed by atoms with Crippen LogP contribution in [0.3, 0.4) is 0 Å². The van der Waals surface area contributed by atoms with Gasteiger partial charge in [0.05, 0.1) is 5.69 Å². The van der Waals surface area contributed by atoms with Crippen LogP contribution in [-0.4, -0.2) is 34.3 Å². The average molecular weight is 524 g/mol. The first-order valence-electron chi connectivity index (χ1n) is 10.0. The van der Waals surface area contributed by atoms with E-state index in [1.54, 1.807) is 4.90 Å². The van der Waals surface area contributed by atoms with Crippen molar-refractivity contribution >= 4 is 26.3 Å². The molecule has 2 aromatic carbocycles. The zero-order chi connectivity index (χ0) is 22.8. The molecule has 4 rings (SSSR count). The van der Waals surface area contributed by atoms with Gasteiger partial charge in [0.2, 0.25) is 0 Å². The van der Waals surface area contributed by atoms with Crippen LogP contribution in [-0.2, 0) is 24.5 Å². The SMILES string of the molecule is O=C(OCc1ccccc1)N1CCC(c2cc(-c3ccccc3)n[nH]c2=O)CC1.[Cl][Cu][Cl]. The average Bonchev–Trinajstić information content (AvgIpc) is 2.85. The maximum atomic E-state index is 12.4. The third-order valence-electron chi connectivity index (χ3n) is 5.30. The van der Waals surface area contributed by atoms with Crippen LogP contribution in [0, 0.1) is 0 Å². The van der Waals surface area contributed by atoms with Crippen molar-refractivity contribution in [2.45, 2.75) is 25.4 Å². The summed E-state index contributed by atoms with van der Waals surface area (Å²) in [6.45, 7) is 1.41. The van der Waals surface area contributed by atoms with E-state index in [1.165, 1.54) is 0 Å². The Balaban J connectivity index is 0.000000913. The molecule has 1 N–H and O–H groups in total. The molecule has 0 spiro atoms. The molecular weight excluding hydrogens is 501 g/mol. The number of carbonyl (C=O) groups is 1. The van der Waals surface area contributed by atoms with E-state index in [0.717, 1.165) is 48.4 Å². The van der Waals surface area contributed by atoms with Crippen molar-refractivity contribution < 1.29 is 22.7 Å².